The van der Waals surface area contributed by atoms with Gasteiger partial charge in [-0.2, -0.15) is 13.2 Å². The van der Waals surface area contributed by atoms with Gasteiger partial charge < -0.3 is 4.90 Å². The molecule has 2 aromatic carbocycles. The Bertz CT molecular complexity index is 815. The monoisotopic (exact) mass is 454 g/mol. The summed E-state index contributed by atoms with van der Waals surface area (Å²) in [4.78, 5) is 14.8. The van der Waals surface area contributed by atoms with E-state index in [0.717, 1.165) is 28.4 Å². The van der Waals surface area contributed by atoms with Gasteiger partial charge in [-0.1, -0.05) is 43.7 Å². The smallest absolute Gasteiger partial charge is 0.332 e. The third-order valence-electron chi connectivity index (χ3n) is 4.88. The van der Waals surface area contributed by atoms with Crippen LogP contribution in [0.15, 0.2) is 64.4 Å². The van der Waals surface area contributed by atoms with E-state index in [0.29, 0.717) is 6.54 Å². The molecule has 1 aliphatic heterocycles. The fourth-order valence-electron chi connectivity index (χ4n) is 3.36. The molecule has 162 valence electrons. The van der Waals surface area contributed by atoms with Crippen LogP contribution in [0.25, 0.3) is 0 Å². The van der Waals surface area contributed by atoms with E-state index >= 15 is 0 Å². The molecule has 1 saturated heterocycles. The van der Waals surface area contributed by atoms with Gasteiger partial charge in [-0.15, -0.1) is 11.8 Å². The Hall–Kier alpha value is -1.64. The molecule has 0 spiro atoms. The largest absolute Gasteiger partial charge is 0.471 e. The first-order chi connectivity index (χ1) is 14.4. The maximum absolute atomic E-state index is 12.8. The van der Waals surface area contributed by atoms with Gasteiger partial charge in [-0.25, -0.2) is 4.31 Å². The van der Waals surface area contributed by atoms with Gasteiger partial charge in [0.15, 0.2) is 0 Å². The van der Waals surface area contributed by atoms with Crippen LogP contribution in [0, 0.1) is 0 Å². The Morgan fingerprint density at radius 3 is 2.33 bits per heavy atom. The number of carbonyl (C=O) groups excluding carboxylic acids is 1. The van der Waals surface area contributed by atoms with E-state index in [-0.39, 0.29) is 19.1 Å². The molecule has 8 heteroatoms. The van der Waals surface area contributed by atoms with Crippen LogP contribution in [0.4, 0.5) is 13.2 Å². The molecular weight excluding hydrogens is 429 g/mol. The van der Waals surface area contributed by atoms with E-state index in [1.807, 2.05) is 37.3 Å². The molecule has 0 aromatic heterocycles. The molecule has 1 aliphatic rings. The topological polar surface area (TPSA) is 23.6 Å². The number of thioether (sulfide) groups is 1. The van der Waals surface area contributed by atoms with Crippen molar-refractivity contribution in [1.82, 2.24) is 9.21 Å². The fourth-order valence-corrected chi connectivity index (χ4v) is 5.24. The predicted molar refractivity (Wildman–Crippen MR) is 116 cm³/mol. The Balaban J connectivity index is 1.57. The highest BCUT2D eigenvalue weighted by Gasteiger charge is 2.44. The molecule has 2 aromatic rings. The van der Waals surface area contributed by atoms with Gasteiger partial charge in [0.2, 0.25) is 0 Å². The Morgan fingerprint density at radius 2 is 1.70 bits per heavy atom. The summed E-state index contributed by atoms with van der Waals surface area (Å²) in [6.07, 6.45) is -3.20. The van der Waals surface area contributed by atoms with E-state index in [1.54, 1.807) is 23.7 Å². The summed E-state index contributed by atoms with van der Waals surface area (Å²) >= 11 is 3.33. The Labute approximate surface area is 184 Å². The molecule has 0 bridgehead atoms. The van der Waals surface area contributed by atoms with E-state index in [4.69, 9.17) is 0 Å². The molecule has 1 atom stereocenters. The fraction of sp³-hybridized carbons (Fsp3) is 0.409. The van der Waals surface area contributed by atoms with Crippen LogP contribution < -0.4 is 0 Å². The summed E-state index contributed by atoms with van der Waals surface area (Å²) in [5.74, 6) is -0.825. The molecule has 0 N–H and O–H groups in total. The van der Waals surface area contributed by atoms with Crippen LogP contribution in [0.1, 0.15) is 25.3 Å². The second kappa shape index (κ2) is 10.6. The third kappa shape index (κ3) is 6.43. The van der Waals surface area contributed by atoms with Crippen molar-refractivity contribution in [3.8, 4) is 0 Å². The lowest BCUT2D eigenvalue weighted by Gasteiger charge is -2.40. The molecule has 30 heavy (non-hydrogen) atoms. The summed E-state index contributed by atoms with van der Waals surface area (Å²) in [7, 11) is 0. The van der Waals surface area contributed by atoms with Crippen LogP contribution in [-0.2, 0) is 10.5 Å². The zero-order valence-electron chi connectivity index (χ0n) is 16.8. The number of alkyl halides is 3. The second-order valence-corrected chi connectivity index (χ2v) is 9.34. The zero-order chi connectivity index (χ0) is 21.6. The molecular formula is C22H25F3N2OS2. The van der Waals surface area contributed by atoms with Gasteiger partial charge in [0.05, 0.1) is 0 Å². The first-order valence-corrected chi connectivity index (χ1v) is 11.7. The maximum Gasteiger partial charge on any atom is 0.471 e. The summed E-state index contributed by atoms with van der Waals surface area (Å²) in [5.41, 5.74) is 1.27. The third-order valence-corrected chi connectivity index (χ3v) is 7.16. The minimum absolute atomic E-state index is 0.0906. The van der Waals surface area contributed by atoms with Gasteiger partial charge in [0.1, 0.15) is 0 Å². The molecule has 1 amide bonds. The van der Waals surface area contributed by atoms with Crippen molar-refractivity contribution in [2.45, 2.75) is 47.5 Å². The average Bonchev–Trinajstić information content (AvgIpc) is 2.74. The quantitative estimate of drug-likeness (QED) is 0.386. The number of hydrogen-bond acceptors (Lipinski definition) is 4. The number of hydrogen-bond donors (Lipinski definition) is 0. The number of halogens is 3. The van der Waals surface area contributed by atoms with Crippen molar-refractivity contribution in [1.29, 1.82) is 0 Å². The van der Waals surface area contributed by atoms with Crippen molar-refractivity contribution in [2.24, 2.45) is 0 Å². The van der Waals surface area contributed by atoms with Gasteiger partial charge >= 0.3 is 12.1 Å². The lowest BCUT2D eigenvalue weighted by atomic mass is 10.1. The van der Waals surface area contributed by atoms with Crippen molar-refractivity contribution in [3.05, 3.63) is 60.2 Å². The predicted octanol–water partition coefficient (Wildman–Crippen LogP) is 5.86. The summed E-state index contributed by atoms with van der Waals surface area (Å²) in [6.45, 7) is 2.63. The van der Waals surface area contributed by atoms with Crippen molar-refractivity contribution < 1.29 is 18.0 Å². The Kier molecular flexibility index (Phi) is 8.13. The highest BCUT2D eigenvalue weighted by molar-refractivity contribution is 7.98. The van der Waals surface area contributed by atoms with Gasteiger partial charge in [-0.05, 0) is 48.2 Å². The van der Waals surface area contributed by atoms with Crippen LogP contribution >= 0.6 is 23.7 Å². The van der Waals surface area contributed by atoms with Crippen LogP contribution in [0.5, 0.6) is 0 Å². The van der Waals surface area contributed by atoms with E-state index in [1.165, 1.54) is 10.5 Å². The maximum atomic E-state index is 12.8. The summed E-state index contributed by atoms with van der Waals surface area (Å²) in [6, 6.07) is 18.4. The minimum atomic E-state index is -4.81. The first kappa shape index (κ1) is 23.0. The second-order valence-electron chi connectivity index (χ2n) is 7.17. The van der Waals surface area contributed by atoms with Crippen LogP contribution in [0.2, 0.25) is 0 Å². The number of rotatable bonds is 7. The number of nitrogens with zero attached hydrogens (tertiary/aromatic N) is 2. The van der Waals surface area contributed by atoms with E-state index < -0.39 is 12.1 Å². The van der Waals surface area contributed by atoms with E-state index in [2.05, 4.69) is 28.6 Å². The van der Waals surface area contributed by atoms with Crippen LogP contribution in [0.3, 0.4) is 0 Å². The molecule has 0 saturated carbocycles. The number of amides is 1. The Morgan fingerprint density at radius 1 is 1.03 bits per heavy atom. The standard InChI is InChI=1S/C22H25F3N2OS2/c1-2-6-18-15-26(21(28)22(23,24)25)13-14-27(18)30-20-11-9-19(10-12-20)29-16-17-7-4-3-5-8-17/h3-5,7-12,18H,2,6,13-16H2,1H3. The van der Waals surface area contributed by atoms with Crippen molar-refractivity contribution in [3.63, 3.8) is 0 Å². The van der Waals surface area contributed by atoms with Crippen molar-refractivity contribution in [2.75, 3.05) is 19.6 Å². The zero-order valence-corrected chi connectivity index (χ0v) is 18.4. The number of carbonyl (C=O) groups is 1. The lowest BCUT2D eigenvalue weighted by Crippen LogP contribution is -2.55. The van der Waals surface area contributed by atoms with Crippen molar-refractivity contribution >= 4 is 29.6 Å². The molecule has 0 aliphatic carbocycles. The highest BCUT2D eigenvalue weighted by atomic mass is 32.2. The molecule has 3 rings (SSSR count). The average molecular weight is 455 g/mol. The van der Waals surface area contributed by atoms with Crippen LogP contribution in [-0.4, -0.2) is 47.0 Å². The lowest BCUT2D eigenvalue weighted by molar-refractivity contribution is -0.187. The van der Waals surface area contributed by atoms with Gasteiger partial charge in [-0.3, -0.25) is 4.79 Å². The SMILES string of the molecule is CCCC1CN(C(=O)C(F)(F)F)CCN1Sc1ccc(SCc2ccccc2)cc1. The number of benzene rings is 2. The van der Waals surface area contributed by atoms with Gasteiger partial charge in [0, 0.05) is 41.2 Å². The molecule has 3 nitrogen and oxygen atoms in total. The first-order valence-electron chi connectivity index (χ1n) is 9.94. The molecule has 0 radical (unpaired) electrons. The normalized spacial score (nSPS) is 17.9. The summed E-state index contributed by atoms with van der Waals surface area (Å²) < 4.78 is 40.5. The summed E-state index contributed by atoms with van der Waals surface area (Å²) in [5, 5.41) is 0. The molecule has 1 heterocycles. The minimum Gasteiger partial charge on any atom is -0.332 e. The van der Waals surface area contributed by atoms with Gasteiger partial charge in [0.25, 0.3) is 0 Å². The molecule has 1 unspecified atom stereocenters. The number of piperazine rings is 1. The molecule has 1 fully saturated rings. The van der Waals surface area contributed by atoms with E-state index in [9.17, 15) is 18.0 Å². The highest BCUT2D eigenvalue weighted by Crippen LogP contribution is 2.32.